The van der Waals surface area contributed by atoms with Crippen LogP contribution in [-0.2, 0) is 62.8 Å². The van der Waals surface area contributed by atoms with E-state index in [0.29, 0.717) is 45.3 Å². The van der Waals surface area contributed by atoms with Crippen LogP contribution in [0.25, 0.3) is 17.1 Å². The van der Waals surface area contributed by atoms with E-state index in [2.05, 4.69) is 151 Å². The normalized spacial score (nSPS) is 14.8. The van der Waals surface area contributed by atoms with Gasteiger partial charge in [0.1, 0.15) is 37.9 Å². The highest BCUT2D eigenvalue weighted by Crippen LogP contribution is 2.28. The number of carbonyl (C=O) groups excluding carboxylic acids is 9. The molecule has 34 nitrogen and oxygen atoms in total. The molecule has 6 atom stereocenters. The number of pyridine rings is 4. The van der Waals surface area contributed by atoms with Crippen molar-refractivity contribution in [3.05, 3.63) is 382 Å². The van der Waals surface area contributed by atoms with Gasteiger partial charge in [-0.25, -0.2) is 19.2 Å². The number of piperidine rings is 4. The molecule has 0 bridgehead atoms. The zero-order chi connectivity index (χ0) is 108. The van der Waals surface area contributed by atoms with Gasteiger partial charge in [0.2, 0.25) is 29.2 Å². The highest BCUT2D eigenvalue weighted by Gasteiger charge is 2.33. The zero-order valence-electron chi connectivity index (χ0n) is 81.9. The van der Waals surface area contributed by atoms with Gasteiger partial charge in [-0.05, 0) is 330 Å². The number of ether oxygens (including phenoxy) is 3. The van der Waals surface area contributed by atoms with Crippen LogP contribution in [0, 0.1) is 26.1 Å². The van der Waals surface area contributed by atoms with Crippen molar-refractivity contribution in [3.8, 4) is 17.1 Å². The van der Waals surface area contributed by atoms with Gasteiger partial charge in [-0.1, -0.05) is 137 Å². The van der Waals surface area contributed by atoms with Crippen molar-refractivity contribution in [2.45, 2.75) is 142 Å². The third-order valence-corrected chi connectivity index (χ3v) is 25.0. The molecule has 4 aliphatic rings. The number of carboxylic acid groups (broad SMARTS) is 2. The predicted octanol–water partition coefficient (Wildman–Crippen LogP) is 17.1. The van der Waals surface area contributed by atoms with Gasteiger partial charge in [0.25, 0.3) is 16.7 Å². The van der Waals surface area contributed by atoms with Gasteiger partial charge in [0.05, 0.1) is 6.04 Å². The van der Waals surface area contributed by atoms with Crippen molar-refractivity contribution in [1.29, 1.82) is 0 Å². The Balaban J connectivity index is 0.000000262. The first-order valence-corrected chi connectivity index (χ1v) is 52.1. The van der Waals surface area contributed by atoms with E-state index in [1.54, 1.807) is 110 Å². The molecule has 0 unspecified atom stereocenters. The van der Waals surface area contributed by atoms with E-state index >= 15 is 0 Å². The molecule has 41 heteroatoms. The Labute approximate surface area is 932 Å². The van der Waals surface area contributed by atoms with Crippen molar-refractivity contribution >= 4 is 200 Å². The number of anilines is 3. The largest absolute Gasteiger partial charge is 0.480 e. The summed E-state index contributed by atoms with van der Waals surface area (Å²) < 4.78 is 24.4. The van der Waals surface area contributed by atoms with E-state index in [0.717, 1.165) is 112 Å². The van der Waals surface area contributed by atoms with Gasteiger partial charge in [-0.2, -0.15) is 0 Å². The average molecular weight is 2510 g/mol. The first-order valence-electron chi connectivity index (χ1n) is 47.4. The van der Waals surface area contributed by atoms with Crippen molar-refractivity contribution < 1.29 is 77.2 Å². The maximum absolute atomic E-state index is 12.9. The highest BCUT2D eigenvalue weighted by molar-refractivity contribution is 14.1. The van der Waals surface area contributed by atoms with Crippen molar-refractivity contribution in [2.75, 3.05) is 54.0 Å². The van der Waals surface area contributed by atoms with Crippen molar-refractivity contribution in [1.82, 2.24) is 45.3 Å². The lowest BCUT2D eigenvalue weighted by molar-refractivity contribution is -0.140. The Morgan fingerprint density at radius 3 is 1.16 bits per heavy atom. The number of H-pyrrole nitrogens is 1. The number of carboxylic acids is 2. The van der Waals surface area contributed by atoms with Crippen molar-refractivity contribution in [2.24, 2.45) is 23.3 Å². The molecule has 12 N–H and O–H groups in total. The summed E-state index contributed by atoms with van der Waals surface area (Å²) in [5, 5.41) is 29.8. The molecule has 788 valence electrons. The number of rotatable bonds is 24. The fourth-order valence-electron chi connectivity index (χ4n) is 14.2. The van der Waals surface area contributed by atoms with Gasteiger partial charge < -0.3 is 82.2 Å². The number of halogens is 5. The van der Waals surface area contributed by atoms with Crippen LogP contribution in [0.4, 0.5) is 41.0 Å². The van der Waals surface area contributed by atoms with Crippen LogP contribution in [0.3, 0.4) is 0 Å². The summed E-state index contributed by atoms with van der Waals surface area (Å²) in [6.45, 7) is 8.03. The number of amides is 8. The minimum absolute atomic E-state index is 0. The van der Waals surface area contributed by atoms with Gasteiger partial charge in [-0.15, -0.1) is 0 Å². The number of hydrogen-bond donors (Lipinski definition) is 10. The highest BCUT2D eigenvalue weighted by atomic mass is 127. The second-order valence-corrected chi connectivity index (χ2v) is 38.6. The number of nitrogens with one attached hydrogen (secondary N) is 6. The quantitative estimate of drug-likeness (QED) is 0.00883. The number of nitrogens with zero attached hydrogens (tertiary/aromatic N) is 6. The molecule has 4 fully saturated rings. The number of carbonyl (C=O) groups is 11. The summed E-state index contributed by atoms with van der Waals surface area (Å²) in [5.74, 6) is -2.79. The maximum atomic E-state index is 12.9. The van der Waals surface area contributed by atoms with E-state index in [1.165, 1.54) is 33.5 Å². The number of alkyl carbamates (subject to hydrolysis) is 2. The minimum atomic E-state index is -1.17. The lowest BCUT2D eigenvalue weighted by atomic mass is 9.99. The minimum Gasteiger partial charge on any atom is -0.480 e. The first kappa shape index (κ1) is 125. The topological polar surface area (TPSA) is 477 Å². The molecule has 16 rings (SSSR count). The molecular formula is C109H121B2ClI4N14O20. The van der Waals surface area contributed by atoms with Crippen LogP contribution in [0.2, 0.25) is 0 Å². The monoisotopic (exact) mass is 2510 g/mol. The molecule has 4 aromatic heterocycles. The SMILES string of the molecule is C.C[C@H]1CCCN(c2ccc(I)cc2)C1=O.C[C@H]1CCCNC1=O.Ic1ccc(I)cc1.N[C@H]1CCCN(c2ccc(-n3ccccc3=O)cc2)C1=O.O=C(Cl)OCc1ccccc1.O=C(N[C@H]1CCCN(c2ccc(-n3ccccc3=O)cc2)C1=O)OCc1ccccc1.O=c1cccc[nH]1.O=c1ccccn1-c1ccc(I)cc1.[B]C(=O)NCCC[C@H](N)C(=O)O.[B]C(=O)NCCC[C@H](NC(=O)OCc1ccccc1)C(=O)O. The van der Waals surface area contributed by atoms with Crippen LogP contribution < -0.4 is 75.0 Å². The van der Waals surface area contributed by atoms with Crippen LogP contribution in [-0.4, -0.2) is 173 Å². The maximum Gasteiger partial charge on any atom is 0.408 e. The van der Waals surface area contributed by atoms with Gasteiger partial charge in [0, 0.05) is 160 Å². The van der Waals surface area contributed by atoms with Crippen LogP contribution in [0.1, 0.15) is 115 Å². The van der Waals surface area contributed by atoms with Crippen LogP contribution >= 0.6 is 102 Å². The van der Waals surface area contributed by atoms with Crippen molar-refractivity contribution in [3.63, 3.8) is 0 Å². The molecule has 0 aliphatic carbocycles. The molecule has 4 saturated heterocycles. The number of benzene rings is 8. The van der Waals surface area contributed by atoms with E-state index in [-0.39, 0.29) is 97.9 Å². The molecule has 8 aromatic carbocycles. The van der Waals surface area contributed by atoms with Crippen LogP contribution in [0.5, 0.6) is 0 Å². The van der Waals surface area contributed by atoms with E-state index in [1.807, 2.05) is 195 Å². The molecule has 150 heavy (non-hydrogen) atoms. The third-order valence-electron chi connectivity index (χ3n) is 22.0. The van der Waals surface area contributed by atoms with E-state index in [4.69, 9.17) is 58.4 Å². The first-order chi connectivity index (χ1) is 71.5. The summed E-state index contributed by atoms with van der Waals surface area (Å²) in [5.41, 5.74) is 17.6. The summed E-state index contributed by atoms with van der Waals surface area (Å²) in [7, 11) is 9.66. The number of hydrogen-bond acceptors (Lipinski definition) is 20. The Kier molecular flexibility index (Phi) is 58.3. The van der Waals surface area contributed by atoms with E-state index in [9.17, 15) is 71.9 Å². The Hall–Kier alpha value is -13.4. The Morgan fingerprint density at radius 2 is 0.787 bits per heavy atom. The van der Waals surface area contributed by atoms with Gasteiger partial charge >= 0.3 is 29.6 Å². The average Bonchev–Trinajstić information content (AvgIpc) is 0.805. The summed E-state index contributed by atoms with van der Waals surface area (Å²) >= 11 is 14.1. The van der Waals surface area contributed by atoms with Crippen LogP contribution in [0.15, 0.2) is 329 Å². The fraction of sp³-hybridized carbons (Fsp3) is 0.275. The Bertz CT molecular complexity index is 6420. The molecule has 4 radical (unpaired) electrons. The van der Waals surface area contributed by atoms with Gasteiger partial charge in [-0.3, -0.25) is 66.4 Å². The standard InChI is InChI=1S/C24H23N3O4.C16H17N3O2.C14H17BN2O5.C12H14INO.C11H8INO.C8H7ClO2.C6H11BN2O3.C6H4I2.C6H11NO.C5H5NO.CH4/c28-22-10-4-5-15-26(22)19-11-13-20(14-12-19)27-16-6-9-21(23(27)29)25-24(30)31-17-18-7-2-1-3-8-18;17-14-4-3-11-19(16(14)21)13-8-6-12(7-9-13)18-10-2-1-5-15(18)20;15-13(20)16-8-4-7-11(12(18)19)17-14(21)22-9-10-5-2-1-3-6-10;1-9-3-2-8-14(12(9)15)11-6-4-10(13)5-7-11;12-9-4-6-10(7-5-9)13-8-2-1-3-11(13)14;9-8(10)11-6-7-4-2-1-3-5-7;7-6(12)9-3-1-2-4(8)5(10)11;7-5-1-2-6(8)4-3-5;1-5-3-2-4-7-6(5)8;7-5-3-1-2-4-6-5;/h1-5,7-8,10-15,21H,6,9,16-17H2,(H,25,30);1-2,5-10,14H,3-4,11,17H2;1-3,5-6,11H,4,7-9H2,(H,16,20)(H,17,21)(H,18,19);4-7,9H,2-3,8H2,1H3;1-8H;1-5H,6H2;4H,1-3,8H2,(H,9,12)(H,10,11);1-4H;5H,2-4H2,1H3,(H,7,8);1-4H,(H,6,7);1H4/t21-;14-;11-;9-;;;4-;;5-;;/m0000..0.0../s1. The number of aliphatic carboxylic acids is 2. The number of aromatic amines is 1. The number of nitrogens with two attached hydrogens (primary N) is 2. The molecule has 8 heterocycles. The third kappa shape index (κ3) is 48.0. The Morgan fingerprint density at radius 1 is 0.427 bits per heavy atom. The lowest BCUT2D eigenvalue weighted by Gasteiger charge is -2.32. The fourth-order valence-corrected chi connectivity index (χ4v) is 15.7. The second kappa shape index (κ2) is 69.8. The smallest absolute Gasteiger partial charge is 0.408 e. The molecule has 12 aromatic rings. The number of aromatic nitrogens is 4. The second-order valence-electron chi connectivity index (χ2n) is 33.3. The van der Waals surface area contributed by atoms with Gasteiger partial charge in [0.15, 0.2) is 27.3 Å². The molecular weight excluding hydrogens is 2390 g/mol. The molecule has 4 aliphatic heterocycles. The predicted molar refractivity (Wildman–Crippen MR) is 617 cm³/mol. The zero-order valence-corrected chi connectivity index (χ0v) is 91.3. The molecule has 0 saturated carbocycles. The lowest BCUT2D eigenvalue weighted by Crippen LogP contribution is -2.52. The summed E-state index contributed by atoms with van der Waals surface area (Å²) in [6.07, 6.45) is 14.0. The van der Waals surface area contributed by atoms with E-state index < -0.39 is 65.3 Å². The summed E-state index contributed by atoms with van der Waals surface area (Å²) in [4.78, 5) is 177. The summed E-state index contributed by atoms with van der Waals surface area (Å²) in [6, 6.07) is 83.8. The molecule has 0 spiro atoms. The molecule has 8 amide bonds.